The molecule has 3 heteroatoms. The highest BCUT2D eigenvalue weighted by Gasteiger charge is 2.34. The van der Waals surface area contributed by atoms with Gasteiger partial charge < -0.3 is 15.5 Å². The van der Waals surface area contributed by atoms with Crippen LogP contribution in [0.5, 0.6) is 0 Å². The molecule has 1 aliphatic heterocycles. The monoisotopic (exact) mass is 127 g/mol. The Morgan fingerprint density at radius 3 is 2.00 bits per heavy atom. The van der Waals surface area contributed by atoms with E-state index in [1.54, 1.807) is 0 Å². The Balaban J connectivity index is 2.11. The molecule has 0 saturated carbocycles. The first-order valence-corrected chi connectivity index (χ1v) is 3.12. The molecule has 0 spiro atoms. The van der Waals surface area contributed by atoms with E-state index in [2.05, 4.69) is 5.32 Å². The molecule has 2 aliphatic rings. The van der Waals surface area contributed by atoms with Crippen LogP contribution in [0.25, 0.3) is 0 Å². The summed E-state index contributed by atoms with van der Waals surface area (Å²) >= 11 is 0. The highest BCUT2D eigenvalue weighted by Crippen LogP contribution is 2.31. The van der Waals surface area contributed by atoms with Gasteiger partial charge in [0, 0.05) is 24.2 Å². The molecule has 9 heavy (non-hydrogen) atoms. The highest BCUT2D eigenvalue weighted by atomic mass is 16.3. The fourth-order valence-corrected chi connectivity index (χ4v) is 1.19. The summed E-state index contributed by atoms with van der Waals surface area (Å²) in [7, 11) is 0. The Kier molecular flexibility index (Phi) is 0.870. The van der Waals surface area contributed by atoms with E-state index in [-0.39, 0.29) is 0 Å². The number of hydrogen-bond donors (Lipinski definition) is 3. The molecule has 0 fully saturated rings. The van der Waals surface area contributed by atoms with Gasteiger partial charge in [-0.2, -0.15) is 0 Å². The first kappa shape index (κ1) is 5.26. The molecule has 0 saturated heterocycles. The average Bonchev–Trinajstić information content (AvgIpc) is 2.46. The third kappa shape index (κ3) is 0.730. The Morgan fingerprint density at radius 1 is 1.11 bits per heavy atom. The lowest BCUT2D eigenvalue weighted by molar-refractivity contribution is 0.0193. The summed E-state index contributed by atoms with van der Waals surface area (Å²) in [4.78, 5) is 0. The summed E-state index contributed by atoms with van der Waals surface area (Å²) in [6.07, 6.45) is 0.130. The third-order valence-corrected chi connectivity index (χ3v) is 1.87. The molecule has 0 radical (unpaired) electrons. The van der Waals surface area contributed by atoms with Gasteiger partial charge in [0.15, 0.2) is 0 Å². The molecule has 0 aromatic carbocycles. The molecule has 3 N–H and O–H groups in total. The molecule has 0 aromatic heterocycles. The average molecular weight is 127 g/mol. The van der Waals surface area contributed by atoms with Crippen LogP contribution >= 0.6 is 0 Å². The van der Waals surface area contributed by atoms with Crippen molar-refractivity contribution < 1.29 is 10.2 Å². The summed E-state index contributed by atoms with van der Waals surface area (Å²) in [5.41, 5.74) is 2.26. The van der Waals surface area contributed by atoms with E-state index in [4.69, 9.17) is 10.2 Å². The predicted octanol–water partition coefficient (Wildman–Crippen LogP) is -0.683. The maximum atomic E-state index is 9.05. The zero-order chi connectivity index (χ0) is 6.43. The van der Waals surface area contributed by atoms with Crippen molar-refractivity contribution in [2.45, 2.75) is 25.0 Å². The van der Waals surface area contributed by atoms with Crippen molar-refractivity contribution in [1.29, 1.82) is 0 Å². The smallest absolute Gasteiger partial charge is 0.0858 e. The van der Waals surface area contributed by atoms with Crippen LogP contribution < -0.4 is 5.32 Å². The predicted molar refractivity (Wildman–Crippen MR) is 31.4 cm³/mol. The number of hydrogen-bond acceptors (Lipinski definition) is 3. The van der Waals surface area contributed by atoms with Gasteiger partial charge in [-0.3, -0.25) is 0 Å². The fourth-order valence-electron chi connectivity index (χ4n) is 1.19. The third-order valence-electron chi connectivity index (χ3n) is 1.87. The molecule has 0 aromatic rings. The largest absolute Gasteiger partial charge is 0.390 e. The lowest BCUT2D eigenvalue weighted by atomic mass is 10.0. The molecule has 2 rings (SSSR count). The Bertz CT molecular complexity index is 158. The van der Waals surface area contributed by atoms with Gasteiger partial charge in [-0.1, -0.05) is 0 Å². The van der Waals surface area contributed by atoms with E-state index in [0.29, 0.717) is 12.8 Å². The topological polar surface area (TPSA) is 62.4 Å². The van der Waals surface area contributed by atoms with Crippen LogP contribution in [0.3, 0.4) is 0 Å². The zero-order valence-corrected chi connectivity index (χ0v) is 4.96. The second-order valence-electron chi connectivity index (χ2n) is 2.63. The van der Waals surface area contributed by atoms with E-state index < -0.39 is 12.2 Å². The van der Waals surface area contributed by atoms with Crippen molar-refractivity contribution in [3.63, 3.8) is 0 Å². The van der Waals surface area contributed by atoms with Crippen molar-refractivity contribution in [2.75, 3.05) is 0 Å². The molecule has 0 bridgehead atoms. The van der Waals surface area contributed by atoms with Crippen LogP contribution in [0, 0.1) is 0 Å². The van der Waals surface area contributed by atoms with Crippen molar-refractivity contribution in [3.8, 4) is 0 Å². The van der Waals surface area contributed by atoms with Gasteiger partial charge in [0.1, 0.15) is 0 Å². The molecule has 3 nitrogen and oxygen atoms in total. The first-order valence-electron chi connectivity index (χ1n) is 3.12. The Morgan fingerprint density at radius 2 is 1.56 bits per heavy atom. The van der Waals surface area contributed by atoms with E-state index in [1.807, 2.05) is 0 Å². The quantitative estimate of drug-likeness (QED) is 0.404. The van der Waals surface area contributed by atoms with Crippen molar-refractivity contribution in [1.82, 2.24) is 5.32 Å². The summed E-state index contributed by atoms with van der Waals surface area (Å²) < 4.78 is 0. The lowest BCUT2D eigenvalue weighted by Crippen LogP contribution is -2.26. The van der Waals surface area contributed by atoms with Crippen LogP contribution in [0.1, 0.15) is 12.8 Å². The molecule has 1 heterocycles. The van der Waals surface area contributed by atoms with E-state index in [1.165, 1.54) is 0 Å². The molecular formula is C6H9NO2. The van der Waals surface area contributed by atoms with Crippen molar-refractivity contribution >= 4 is 0 Å². The zero-order valence-electron chi connectivity index (χ0n) is 4.96. The minimum Gasteiger partial charge on any atom is -0.390 e. The van der Waals surface area contributed by atoms with Gasteiger partial charge in [0.05, 0.1) is 12.2 Å². The Hall–Kier alpha value is -0.540. The van der Waals surface area contributed by atoms with Gasteiger partial charge in [-0.25, -0.2) is 0 Å². The van der Waals surface area contributed by atoms with E-state index in [0.717, 1.165) is 11.4 Å². The first-order chi connectivity index (χ1) is 4.27. The maximum absolute atomic E-state index is 9.05. The molecule has 2 atom stereocenters. The van der Waals surface area contributed by atoms with Crippen molar-refractivity contribution in [3.05, 3.63) is 11.4 Å². The number of aliphatic hydroxyl groups is 2. The van der Waals surface area contributed by atoms with Gasteiger partial charge in [0.2, 0.25) is 0 Å². The van der Waals surface area contributed by atoms with Gasteiger partial charge in [-0.15, -0.1) is 0 Å². The lowest BCUT2D eigenvalue weighted by Gasteiger charge is -2.15. The van der Waals surface area contributed by atoms with Gasteiger partial charge in [-0.05, 0) is 0 Å². The molecule has 1 aliphatic carbocycles. The van der Waals surface area contributed by atoms with E-state index in [9.17, 15) is 0 Å². The summed E-state index contributed by atoms with van der Waals surface area (Å²) in [6.45, 7) is 0. The van der Waals surface area contributed by atoms with Crippen LogP contribution in [-0.4, -0.2) is 22.4 Å². The highest BCUT2D eigenvalue weighted by molar-refractivity contribution is 5.33. The second kappa shape index (κ2) is 1.49. The summed E-state index contributed by atoms with van der Waals surface area (Å²) in [5.74, 6) is 0. The standard InChI is InChI=1S/C6H9NO2/c8-5-1-3-4(7-3)2-6(5)9/h5-9H,1-2H2. The maximum Gasteiger partial charge on any atom is 0.0858 e. The van der Waals surface area contributed by atoms with Crippen molar-refractivity contribution in [2.24, 2.45) is 0 Å². The van der Waals surface area contributed by atoms with Gasteiger partial charge in [0.25, 0.3) is 0 Å². The fraction of sp³-hybridized carbons (Fsp3) is 0.667. The van der Waals surface area contributed by atoms with Crippen LogP contribution in [0.4, 0.5) is 0 Å². The Labute approximate surface area is 53.0 Å². The van der Waals surface area contributed by atoms with Gasteiger partial charge >= 0.3 is 0 Å². The second-order valence-corrected chi connectivity index (χ2v) is 2.63. The minimum absolute atomic E-state index is 0.543. The number of aliphatic hydroxyl groups excluding tert-OH is 2. The SMILES string of the molecule is OC1CC2=C(CC1O)N2. The summed E-state index contributed by atoms with van der Waals surface area (Å²) in [6, 6.07) is 0. The normalized spacial score (nSPS) is 39.8. The molecule has 0 amide bonds. The van der Waals surface area contributed by atoms with E-state index >= 15 is 0 Å². The molecule has 2 unspecified atom stereocenters. The van der Waals surface area contributed by atoms with Crippen LogP contribution in [-0.2, 0) is 0 Å². The van der Waals surface area contributed by atoms with Crippen LogP contribution in [0.2, 0.25) is 0 Å². The summed E-state index contributed by atoms with van der Waals surface area (Å²) in [5, 5.41) is 21.1. The van der Waals surface area contributed by atoms with Crippen LogP contribution in [0.15, 0.2) is 11.4 Å². The number of nitrogens with one attached hydrogen (secondary N) is 1. The molecule has 50 valence electrons. The minimum atomic E-state index is -0.543. The molecular weight excluding hydrogens is 118 g/mol. The number of rotatable bonds is 0.